The molecule has 0 fully saturated rings. The molecule has 0 aliphatic carbocycles. The third-order valence-electron chi connectivity index (χ3n) is 3.04. The third-order valence-corrected chi connectivity index (χ3v) is 4.45. The Morgan fingerprint density at radius 1 is 1.22 bits per heavy atom. The Kier molecular flexibility index (Phi) is 5.15. The molecule has 2 aromatic rings. The molecule has 0 bridgehead atoms. The maximum atomic E-state index is 12.1. The lowest BCUT2D eigenvalue weighted by molar-refractivity contribution is -0.123. The number of para-hydroxylation sites is 1. The van der Waals surface area contributed by atoms with Gasteiger partial charge in [0, 0.05) is 11.1 Å². The van der Waals surface area contributed by atoms with Gasteiger partial charge in [-0.2, -0.15) is 0 Å². The maximum Gasteiger partial charge on any atom is 0.350 e. The Labute approximate surface area is 139 Å². The number of carbonyl (C=O) groups is 2. The molecule has 1 atom stereocenters. The molecule has 1 aromatic carbocycles. The van der Waals surface area contributed by atoms with Gasteiger partial charge in [0.25, 0.3) is 5.91 Å². The van der Waals surface area contributed by atoms with E-state index in [1.807, 2.05) is 39.0 Å². The highest BCUT2D eigenvalue weighted by Gasteiger charge is 2.24. The molecule has 0 saturated carbocycles. The van der Waals surface area contributed by atoms with E-state index in [2.05, 4.69) is 10.3 Å². The SMILES string of the molecule is CC(OC(=O)c1cnc(C(C)(C)C)s1)C(=O)Nc1ccccc1. The van der Waals surface area contributed by atoms with Gasteiger partial charge in [-0.1, -0.05) is 39.0 Å². The molecule has 122 valence electrons. The number of ether oxygens (including phenoxy) is 1. The second-order valence-corrected chi connectivity index (χ2v) is 7.21. The zero-order chi connectivity index (χ0) is 17.0. The third kappa shape index (κ3) is 4.63. The van der Waals surface area contributed by atoms with E-state index in [4.69, 9.17) is 4.74 Å². The number of benzene rings is 1. The van der Waals surface area contributed by atoms with Crippen LogP contribution in [0.5, 0.6) is 0 Å². The average molecular weight is 332 g/mol. The summed E-state index contributed by atoms with van der Waals surface area (Å²) in [5, 5.41) is 3.55. The fourth-order valence-corrected chi connectivity index (χ4v) is 2.61. The molecule has 1 amide bonds. The first-order valence-electron chi connectivity index (χ1n) is 7.30. The first kappa shape index (κ1) is 17.1. The molecule has 1 unspecified atom stereocenters. The van der Waals surface area contributed by atoms with Crippen LogP contribution in [0.3, 0.4) is 0 Å². The lowest BCUT2D eigenvalue weighted by Gasteiger charge is -2.14. The van der Waals surface area contributed by atoms with Crippen molar-refractivity contribution in [3.63, 3.8) is 0 Å². The molecule has 0 aliphatic heterocycles. The highest BCUT2D eigenvalue weighted by Crippen LogP contribution is 2.27. The summed E-state index contributed by atoms with van der Waals surface area (Å²) in [5.74, 6) is -0.904. The van der Waals surface area contributed by atoms with Gasteiger partial charge in [0.15, 0.2) is 6.10 Å². The quantitative estimate of drug-likeness (QED) is 0.868. The molecular formula is C17H20N2O3S. The van der Waals surface area contributed by atoms with Gasteiger partial charge in [-0.05, 0) is 19.1 Å². The molecule has 5 nitrogen and oxygen atoms in total. The molecule has 0 radical (unpaired) electrons. The molecule has 1 N–H and O–H groups in total. The van der Waals surface area contributed by atoms with Gasteiger partial charge in [-0.25, -0.2) is 9.78 Å². The Balaban J connectivity index is 1.96. The second-order valence-electron chi connectivity index (χ2n) is 6.18. The monoisotopic (exact) mass is 332 g/mol. The van der Waals surface area contributed by atoms with Crippen LogP contribution in [0.4, 0.5) is 5.69 Å². The van der Waals surface area contributed by atoms with Crippen LogP contribution >= 0.6 is 11.3 Å². The summed E-state index contributed by atoms with van der Waals surface area (Å²) in [6, 6.07) is 9.03. The van der Waals surface area contributed by atoms with Crippen LogP contribution in [0.1, 0.15) is 42.4 Å². The van der Waals surface area contributed by atoms with E-state index in [0.29, 0.717) is 10.6 Å². The van der Waals surface area contributed by atoms with Gasteiger partial charge in [-0.15, -0.1) is 11.3 Å². The number of nitrogens with zero attached hydrogens (tertiary/aromatic N) is 1. The first-order valence-corrected chi connectivity index (χ1v) is 8.12. The summed E-state index contributed by atoms with van der Waals surface area (Å²) in [4.78, 5) is 28.8. The summed E-state index contributed by atoms with van der Waals surface area (Å²) in [5.41, 5.74) is 0.535. The highest BCUT2D eigenvalue weighted by atomic mass is 32.1. The number of hydrogen-bond donors (Lipinski definition) is 1. The maximum absolute atomic E-state index is 12.1. The standard InChI is InChI=1S/C17H20N2O3S/c1-11(14(20)19-12-8-6-5-7-9-12)22-15(21)13-10-18-16(23-13)17(2,3)4/h5-11H,1-4H3,(H,19,20). The number of carbonyl (C=O) groups excluding carboxylic acids is 2. The van der Waals surface area contributed by atoms with Crippen LogP contribution in [-0.2, 0) is 14.9 Å². The predicted octanol–water partition coefficient (Wildman–Crippen LogP) is 3.62. The largest absolute Gasteiger partial charge is 0.448 e. The first-order chi connectivity index (χ1) is 10.8. The number of esters is 1. The molecular weight excluding hydrogens is 312 g/mol. The summed E-state index contributed by atoms with van der Waals surface area (Å²) < 4.78 is 5.22. The average Bonchev–Trinajstić information content (AvgIpc) is 2.98. The molecule has 0 aliphatic rings. The lowest BCUT2D eigenvalue weighted by Crippen LogP contribution is -2.29. The molecule has 0 spiro atoms. The van der Waals surface area contributed by atoms with Crippen LogP contribution < -0.4 is 5.32 Å². The van der Waals surface area contributed by atoms with Gasteiger partial charge in [0.1, 0.15) is 4.88 Å². The van der Waals surface area contributed by atoms with Crippen molar-refractivity contribution in [3.05, 3.63) is 46.4 Å². The van der Waals surface area contributed by atoms with Gasteiger partial charge < -0.3 is 10.1 Å². The van der Waals surface area contributed by atoms with E-state index in [1.54, 1.807) is 19.1 Å². The molecule has 1 aromatic heterocycles. The predicted molar refractivity (Wildman–Crippen MR) is 90.8 cm³/mol. The smallest absolute Gasteiger partial charge is 0.350 e. The van der Waals surface area contributed by atoms with Gasteiger partial charge in [0.05, 0.1) is 11.2 Å². The van der Waals surface area contributed by atoms with Crippen LogP contribution in [0.2, 0.25) is 0 Å². The zero-order valence-corrected chi connectivity index (χ0v) is 14.4. The Morgan fingerprint density at radius 2 is 1.87 bits per heavy atom. The van der Waals surface area contributed by atoms with E-state index in [0.717, 1.165) is 5.01 Å². The van der Waals surface area contributed by atoms with Gasteiger partial charge in [-0.3, -0.25) is 4.79 Å². The van der Waals surface area contributed by atoms with Crippen molar-refractivity contribution >= 4 is 28.9 Å². The minimum Gasteiger partial charge on any atom is -0.448 e. The van der Waals surface area contributed by atoms with Crippen molar-refractivity contribution in [2.24, 2.45) is 0 Å². The van der Waals surface area contributed by atoms with E-state index in [9.17, 15) is 9.59 Å². The summed E-state index contributed by atoms with van der Waals surface area (Å²) in [6.45, 7) is 7.62. The van der Waals surface area contributed by atoms with Crippen molar-refractivity contribution in [1.82, 2.24) is 4.98 Å². The van der Waals surface area contributed by atoms with Crippen LogP contribution in [-0.4, -0.2) is 23.0 Å². The van der Waals surface area contributed by atoms with Crippen molar-refractivity contribution in [3.8, 4) is 0 Å². The number of rotatable bonds is 4. The number of hydrogen-bond acceptors (Lipinski definition) is 5. The van der Waals surface area contributed by atoms with E-state index < -0.39 is 12.1 Å². The van der Waals surface area contributed by atoms with Crippen molar-refractivity contribution in [2.75, 3.05) is 5.32 Å². The number of amides is 1. The zero-order valence-electron chi connectivity index (χ0n) is 13.6. The van der Waals surface area contributed by atoms with Crippen molar-refractivity contribution in [1.29, 1.82) is 0 Å². The van der Waals surface area contributed by atoms with Crippen LogP contribution in [0, 0.1) is 0 Å². The normalized spacial score (nSPS) is 12.5. The van der Waals surface area contributed by atoms with Gasteiger partial charge >= 0.3 is 5.97 Å². The van der Waals surface area contributed by atoms with Crippen molar-refractivity contribution in [2.45, 2.75) is 39.2 Å². The molecule has 2 rings (SSSR count). The van der Waals surface area contributed by atoms with E-state index in [-0.39, 0.29) is 11.3 Å². The number of thiazole rings is 1. The number of nitrogens with one attached hydrogen (secondary N) is 1. The topological polar surface area (TPSA) is 68.3 Å². The minimum atomic E-state index is -0.886. The summed E-state index contributed by atoms with van der Waals surface area (Å²) in [6.07, 6.45) is 0.609. The molecule has 1 heterocycles. The Bertz CT molecular complexity index is 689. The Hall–Kier alpha value is -2.21. The summed E-state index contributed by atoms with van der Waals surface area (Å²) in [7, 11) is 0. The molecule has 23 heavy (non-hydrogen) atoms. The molecule has 0 saturated heterocycles. The van der Waals surface area contributed by atoms with Crippen molar-refractivity contribution < 1.29 is 14.3 Å². The van der Waals surface area contributed by atoms with Gasteiger partial charge in [0.2, 0.25) is 0 Å². The highest BCUT2D eigenvalue weighted by molar-refractivity contribution is 7.13. The molecule has 6 heteroatoms. The second kappa shape index (κ2) is 6.91. The van der Waals surface area contributed by atoms with Crippen LogP contribution in [0.25, 0.3) is 0 Å². The lowest BCUT2D eigenvalue weighted by atomic mass is 9.98. The Morgan fingerprint density at radius 3 is 2.43 bits per heavy atom. The number of aromatic nitrogens is 1. The fourth-order valence-electron chi connectivity index (χ4n) is 1.75. The number of anilines is 1. The van der Waals surface area contributed by atoms with E-state index >= 15 is 0 Å². The minimum absolute atomic E-state index is 0.125. The fraction of sp³-hybridized carbons (Fsp3) is 0.353. The summed E-state index contributed by atoms with van der Waals surface area (Å²) >= 11 is 1.29. The van der Waals surface area contributed by atoms with E-state index in [1.165, 1.54) is 17.5 Å². The van der Waals surface area contributed by atoms with Crippen LogP contribution in [0.15, 0.2) is 36.5 Å².